The molecule has 3 aromatic rings. The topological polar surface area (TPSA) is 76.2 Å². The van der Waals surface area contributed by atoms with Crippen LogP contribution in [0.3, 0.4) is 0 Å². The van der Waals surface area contributed by atoms with Gasteiger partial charge in [-0.15, -0.1) is 0 Å². The van der Waals surface area contributed by atoms with Gasteiger partial charge in [-0.05, 0) is 55.0 Å². The van der Waals surface area contributed by atoms with Gasteiger partial charge in [-0.3, -0.25) is 15.1 Å². The minimum atomic E-state index is -0.389. The fourth-order valence-corrected chi connectivity index (χ4v) is 4.15. The summed E-state index contributed by atoms with van der Waals surface area (Å²) in [5.74, 6) is 0. The zero-order valence-electron chi connectivity index (χ0n) is 15.9. The molecule has 0 bridgehead atoms. The quantitative estimate of drug-likeness (QED) is 0.376. The number of nitrogens with zero attached hydrogens (tertiary/aromatic N) is 4. The molecule has 1 aliphatic heterocycles. The Bertz CT molecular complexity index is 1020. The van der Waals surface area contributed by atoms with E-state index in [1.165, 1.54) is 12.1 Å². The normalized spacial score (nSPS) is 18.7. The Morgan fingerprint density at radius 3 is 2.62 bits per heavy atom. The molecule has 0 amide bonds. The summed E-state index contributed by atoms with van der Waals surface area (Å²) in [6.07, 6.45) is 4.72. The van der Waals surface area contributed by atoms with E-state index < -0.39 is 0 Å². The van der Waals surface area contributed by atoms with Crippen LogP contribution in [0.5, 0.6) is 0 Å². The molecule has 4 rings (SSSR count). The number of benzene rings is 1. The third-order valence-corrected chi connectivity index (χ3v) is 5.44. The average molecular weight is 407 g/mol. The van der Waals surface area contributed by atoms with Crippen LogP contribution in [0.2, 0.25) is 0 Å². The van der Waals surface area contributed by atoms with Crippen molar-refractivity contribution in [3.8, 4) is 5.69 Å². The van der Waals surface area contributed by atoms with Crippen LogP contribution in [0.15, 0.2) is 67.0 Å². The molecule has 3 heterocycles. The minimum absolute atomic E-state index is 0.0393. The fraction of sp³-hybridized carbons (Fsp3) is 0.238. The highest BCUT2D eigenvalue weighted by atomic mass is 32.1. The lowest BCUT2D eigenvalue weighted by atomic mass is 10.0. The summed E-state index contributed by atoms with van der Waals surface area (Å²) in [7, 11) is 0. The van der Waals surface area contributed by atoms with Gasteiger partial charge in [0, 0.05) is 42.5 Å². The molecule has 0 radical (unpaired) electrons. The van der Waals surface area contributed by atoms with Crippen molar-refractivity contribution >= 4 is 23.0 Å². The van der Waals surface area contributed by atoms with Crippen LogP contribution in [0.1, 0.15) is 36.8 Å². The summed E-state index contributed by atoms with van der Waals surface area (Å²) in [5.41, 5.74) is 2.92. The van der Waals surface area contributed by atoms with Gasteiger partial charge in [0.1, 0.15) is 0 Å². The SMILES string of the molecule is CCCN1C(=S)N[C@H](c2ccccn2)[C@@H]1c1cccn1-c1ccc([N+](=O)[O-])cc1. The molecule has 1 N–H and O–H groups in total. The van der Waals surface area contributed by atoms with E-state index in [1.807, 2.05) is 30.5 Å². The molecule has 0 spiro atoms. The van der Waals surface area contributed by atoms with Gasteiger partial charge in [-0.25, -0.2) is 0 Å². The number of aromatic nitrogens is 2. The van der Waals surface area contributed by atoms with E-state index in [4.69, 9.17) is 12.2 Å². The maximum Gasteiger partial charge on any atom is 0.269 e. The fourth-order valence-electron chi connectivity index (χ4n) is 3.81. The van der Waals surface area contributed by atoms with Crippen LogP contribution in [-0.4, -0.2) is 31.0 Å². The van der Waals surface area contributed by atoms with Crippen LogP contribution < -0.4 is 5.32 Å². The lowest BCUT2D eigenvalue weighted by molar-refractivity contribution is -0.384. The molecule has 29 heavy (non-hydrogen) atoms. The van der Waals surface area contributed by atoms with Crippen molar-refractivity contribution in [2.45, 2.75) is 25.4 Å². The Hall–Kier alpha value is -3.26. The van der Waals surface area contributed by atoms with Crippen LogP contribution in [0.4, 0.5) is 5.69 Å². The number of hydrogen-bond donors (Lipinski definition) is 1. The van der Waals surface area contributed by atoms with Crippen LogP contribution >= 0.6 is 12.2 Å². The second-order valence-electron chi connectivity index (χ2n) is 6.90. The van der Waals surface area contributed by atoms with Crippen LogP contribution in [-0.2, 0) is 0 Å². The Labute approximate surface area is 174 Å². The van der Waals surface area contributed by atoms with Gasteiger partial charge in [0.2, 0.25) is 0 Å². The number of rotatable bonds is 6. The molecule has 1 aliphatic rings. The molecular weight excluding hydrogens is 386 g/mol. The zero-order chi connectivity index (χ0) is 20.4. The van der Waals surface area contributed by atoms with Gasteiger partial charge in [-0.1, -0.05) is 13.0 Å². The van der Waals surface area contributed by atoms with E-state index >= 15 is 0 Å². The van der Waals surface area contributed by atoms with E-state index in [1.54, 1.807) is 18.3 Å². The lowest BCUT2D eigenvalue weighted by Crippen LogP contribution is -2.31. The summed E-state index contributed by atoms with van der Waals surface area (Å²) in [6.45, 7) is 2.95. The van der Waals surface area contributed by atoms with Gasteiger partial charge in [0.05, 0.1) is 22.7 Å². The molecule has 7 nitrogen and oxygen atoms in total. The van der Waals surface area contributed by atoms with Crippen molar-refractivity contribution in [2.75, 3.05) is 6.54 Å². The summed E-state index contributed by atoms with van der Waals surface area (Å²) < 4.78 is 2.06. The highest BCUT2D eigenvalue weighted by Crippen LogP contribution is 2.39. The minimum Gasteiger partial charge on any atom is -0.352 e. The summed E-state index contributed by atoms with van der Waals surface area (Å²) in [6, 6.07) is 16.4. The van der Waals surface area contributed by atoms with Crippen molar-refractivity contribution in [2.24, 2.45) is 0 Å². The molecule has 0 unspecified atom stereocenters. The first-order valence-corrected chi connectivity index (χ1v) is 9.91. The smallest absolute Gasteiger partial charge is 0.269 e. The molecule has 1 aromatic carbocycles. The first-order valence-electron chi connectivity index (χ1n) is 9.50. The third kappa shape index (κ3) is 3.58. The zero-order valence-corrected chi connectivity index (χ0v) is 16.7. The maximum absolute atomic E-state index is 11.0. The summed E-state index contributed by atoms with van der Waals surface area (Å²) in [5, 5.41) is 15.1. The standard InChI is InChI=1S/C21H21N5O2S/c1-2-13-25-20(19(23-21(25)29)17-6-3-4-12-22-17)18-7-5-14-24(18)15-8-10-16(11-9-15)26(27)28/h3-12,14,19-20H,2,13H2,1H3,(H,23,29)/t19-,20+/m1/s1. The second kappa shape index (κ2) is 8.00. The van der Waals surface area contributed by atoms with Gasteiger partial charge in [0.25, 0.3) is 5.69 Å². The number of nitro groups is 1. The van der Waals surface area contributed by atoms with Gasteiger partial charge in [0.15, 0.2) is 5.11 Å². The van der Waals surface area contributed by atoms with Gasteiger partial charge >= 0.3 is 0 Å². The second-order valence-corrected chi connectivity index (χ2v) is 7.28. The molecule has 0 saturated carbocycles. The Balaban J connectivity index is 1.77. The molecule has 2 aromatic heterocycles. The first-order chi connectivity index (χ1) is 14.1. The lowest BCUT2D eigenvalue weighted by Gasteiger charge is -2.28. The number of nitro benzene ring substituents is 1. The van der Waals surface area contributed by atoms with Crippen molar-refractivity contribution < 1.29 is 4.92 Å². The number of non-ortho nitro benzene ring substituents is 1. The van der Waals surface area contributed by atoms with Crippen molar-refractivity contribution in [1.82, 2.24) is 19.8 Å². The monoisotopic (exact) mass is 407 g/mol. The van der Waals surface area contributed by atoms with E-state index in [0.717, 1.165) is 30.0 Å². The summed E-state index contributed by atoms with van der Waals surface area (Å²) in [4.78, 5) is 17.3. The van der Waals surface area contributed by atoms with E-state index in [2.05, 4.69) is 32.8 Å². The van der Waals surface area contributed by atoms with Crippen molar-refractivity contribution in [1.29, 1.82) is 0 Å². The van der Waals surface area contributed by atoms with E-state index in [9.17, 15) is 10.1 Å². The Kier molecular flexibility index (Phi) is 5.26. The molecule has 148 valence electrons. The number of thiocarbonyl (C=S) groups is 1. The summed E-state index contributed by atoms with van der Waals surface area (Å²) >= 11 is 5.64. The van der Waals surface area contributed by atoms with Crippen LogP contribution in [0.25, 0.3) is 5.69 Å². The highest BCUT2D eigenvalue weighted by molar-refractivity contribution is 7.80. The highest BCUT2D eigenvalue weighted by Gasteiger charge is 2.40. The molecule has 1 fully saturated rings. The largest absolute Gasteiger partial charge is 0.352 e. The van der Waals surface area contributed by atoms with Gasteiger partial charge in [-0.2, -0.15) is 0 Å². The van der Waals surface area contributed by atoms with Gasteiger partial charge < -0.3 is 14.8 Å². The van der Waals surface area contributed by atoms with E-state index in [0.29, 0.717) is 5.11 Å². The third-order valence-electron chi connectivity index (χ3n) is 5.08. The average Bonchev–Trinajstić information content (AvgIpc) is 3.34. The number of pyridine rings is 1. The first kappa shape index (κ1) is 19.1. The molecule has 0 aliphatic carbocycles. The Morgan fingerprint density at radius 2 is 1.97 bits per heavy atom. The molecule has 8 heteroatoms. The van der Waals surface area contributed by atoms with Crippen molar-refractivity contribution in [3.63, 3.8) is 0 Å². The Morgan fingerprint density at radius 1 is 1.17 bits per heavy atom. The molecule has 1 saturated heterocycles. The van der Waals surface area contributed by atoms with E-state index in [-0.39, 0.29) is 22.7 Å². The molecular formula is C21H21N5O2S. The van der Waals surface area contributed by atoms with Crippen molar-refractivity contribution in [3.05, 3.63) is 88.5 Å². The molecule has 2 atom stereocenters. The number of hydrogen-bond acceptors (Lipinski definition) is 4. The predicted octanol–water partition coefficient (Wildman–Crippen LogP) is 4.16. The predicted molar refractivity (Wildman–Crippen MR) is 115 cm³/mol. The van der Waals surface area contributed by atoms with Crippen LogP contribution in [0, 0.1) is 10.1 Å². The maximum atomic E-state index is 11.0. The number of nitrogens with one attached hydrogen (secondary N) is 1.